The number of allylic oxidation sites excluding steroid dienone is 2. The maximum Gasteiger partial charge on any atom is 0.306 e. The molecule has 0 saturated carbocycles. The first kappa shape index (κ1) is 50.6. The van der Waals surface area contributed by atoms with Crippen LogP contribution in [-0.2, 0) is 23.8 Å². The minimum atomic E-state index is -0.526. The average molecular weight is 735 g/mol. The summed E-state index contributed by atoms with van der Waals surface area (Å²) < 4.78 is 17.2. The Morgan fingerprint density at radius 3 is 1.19 bits per heavy atom. The second kappa shape index (κ2) is 44.0. The van der Waals surface area contributed by atoms with Crippen molar-refractivity contribution in [3.8, 4) is 0 Å². The smallest absolute Gasteiger partial charge is 0.306 e. The van der Waals surface area contributed by atoms with Gasteiger partial charge in [0, 0.05) is 19.4 Å². The third kappa shape index (κ3) is 41.4. The van der Waals surface area contributed by atoms with Crippen LogP contribution in [0.4, 0.5) is 0 Å². The molecule has 0 aliphatic rings. The first-order chi connectivity index (χ1) is 25.6. The standard InChI is InChI=1S/C47H90O5/c1-4-7-10-13-15-17-19-21-22-23-24-25-27-29-31-33-36-39-42-50-43-45(52-47(49)41-38-34-12-9-6-3)44-51-46(48)40-37-35-32-30-28-26-20-18-16-14-11-8-5-2/h18,20,45H,4-17,19,21-44H2,1-3H3/b20-18-. The second-order valence-electron chi connectivity index (χ2n) is 15.7. The van der Waals surface area contributed by atoms with Crippen molar-refractivity contribution in [2.45, 2.75) is 258 Å². The van der Waals surface area contributed by atoms with E-state index in [1.807, 2.05) is 0 Å². The Kier molecular flexibility index (Phi) is 42.9. The molecule has 0 aromatic carbocycles. The maximum absolute atomic E-state index is 12.5. The lowest BCUT2D eigenvalue weighted by atomic mass is 10.0. The summed E-state index contributed by atoms with van der Waals surface area (Å²) in [5, 5.41) is 0. The van der Waals surface area contributed by atoms with Crippen molar-refractivity contribution in [2.24, 2.45) is 0 Å². The predicted molar refractivity (Wildman–Crippen MR) is 224 cm³/mol. The highest BCUT2D eigenvalue weighted by atomic mass is 16.6. The first-order valence-electron chi connectivity index (χ1n) is 23.2. The van der Waals surface area contributed by atoms with Crippen molar-refractivity contribution in [2.75, 3.05) is 19.8 Å². The molecule has 0 rings (SSSR count). The Hall–Kier alpha value is -1.36. The molecular formula is C47H90O5. The highest BCUT2D eigenvalue weighted by Crippen LogP contribution is 2.15. The van der Waals surface area contributed by atoms with E-state index in [0.29, 0.717) is 26.1 Å². The van der Waals surface area contributed by atoms with Gasteiger partial charge in [-0.1, -0.05) is 206 Å². The molecule has 0 aliphatic carbocycles. The molecule has 0 spiro atoms. The summed E-state index contributed by atoms with van der Waals surface area (Å²) >= 11 is 0. The lowest BCUT2D eigenvalue weighted by molar-refractivity contribution is -0.163. The van der Waals surface area contributed by atoms with Crippen LogP contribution in [0.25, 0.3) is 0 Å². The number of carbonyl (C=O) groups is 2. The average Bonchev–Trinajstić information content (AvgIpc) is 3.14. The van der Waals surface area contributed by atoms with Gasteiger partial charge in [0.25, 0.3) is 0 Å². The van der Waals surface area contributed by atoms with E-state index in [-0.39, 0.29) is 18.5 Å². The van der Waals surface area contributed by atoms with E-state index in [4.69, 9.17) is 14.2 Å². The second-order valence-corrected chi connectivity index (χ2v) is 15.7. The van der Waals surface area contributed by atoms with Crippen LogP contribution in [0.5, 0.6) is 0 Å². The number of esters is 2. The summed E-state index contributed by atoms with van der Waals surface area (Å²) in [5.74, 6) is -0.407. The molecule has 5 heteroatoms. The van der Waals surface area contributed by atoms with Gasteiger partial charge in [-0.3, -0.25) is 9.59 Å². The molecule has 0 fully saturated rings. The Labute approximate surface area is 325 Å². The molecule has 0 heterocycles. The van der Waals surface area contributed by atoms with Gasteiger partial charge in [0.1, 0.15) is 6.61 Å². The maximum atomic E-state index is 12.5. The van der Waals surface area contributed by atoms with Crippen LogP contribution in [0.2, 0.25) is 0 Å². The molecular weight excluding hydrogens is 645 g/mol. The normalized spacial score (nSPS) is 12.1. The van der Waals surface area contributed by atoms with E-state index in [0.717, 1.165) is 51.4 Å². The fraction of sp³-hybridized carbons (Fsp3) is 0.915. The van der Waals surface area contributed by atoms with Crippen molar-refractivity contribution in [1.29, 1.82) is 0 Å². The molecule has 0 radical (unpaired) electrons. The van der Waals surface area contributed by atoms with Crippen molar-refractivity contribution in [3.63, 3.8) is 0 Å². The van der Waals surface area contributed by atoms with Crippen molar-refractivity contribution in [1.82, 2.24) is 0 Å². The molecule has 5 nitrogen and oxygen atoms in total. The van der Waals surface area contributed by atoms with Gasteiger partial charge in [-0.05, 0) is 44.9 Å². The Balaban J connectivity index is 3.99. The molecule has 0 amide bonds. The van der Waals surface area contributed by atoms with E-state index in [1.54, 1.807) is 0 Å². The quantitative estimate of drug-likeness (QED) is 0.0355. The summed E-state index contributed by atoms with van der Waals surface area (Å²) in [4.78, 5) is 25.0. The molecule has 0 aromatic rings. The van der Waals surface area contributed by atoms with E-state index in [9.17, 15) is 9.59 Å². The SMILES string of the molecule is CCCCCC/C=C\CCCCCCCC(=O)OCC(COCCCCCCCCCCCCCCCCCCCC)OC(=O)CCCCCCC. The van der Waals surface area contributed by atoms with Crippen LogP contribution in [0.1, 0.15) is 252 Å². The van der Waals surface area contributed by atoms with Crippen molar-refractivity contribution < 1.29 is 23.8 Å². The number of carbonyl (C=O) groups excluding carboxylic acids is 2. The number of unbranched alkanes of at least 4 members (excludes halogenated alkanes) is 30. The van der Waals surface area contributed by atoms with Gasteiger partial charge in [-0.15, -0.1) is 0 Å². The number of ether oxygens (including phenoxy) is 3. The zero-order valence-corrected chi connectivity index (χ0v) is 35.4. The van der Waals surface area contributed by atoms with Gasteiger partial charge < -0.3 is 14.2 Å². The molecule has 308 valence electrons. The van der Waals surface area contributed by atoms with Crippen LogP contribution in [0, 0.1) is 0 Å². The minimum absolute atomic E-state index is 0.0876. The van der Waals surface area contributed by atoms with Crippen molar-refractivity contribution >= 4 is 11.9 Å². The molecule has 0 N–H and O–H groups in total. The van der Waals surface area contributed by atoms with Gasteiger partial charge in [0.2, 0.25) is 0 Å². The Bertz CT molecular complexity index is 750. The zero-order chi connectivity index (χ0) is 37.8. The van der Waals surface area contributed by atoms with Gasteiger partial charge in [0.15, 0.2) is 6.10 Å². The number of rotatable bonds is 43. The fourth-order valence-electron chi connectivity index (χ4n) is 6.80. The molecule has 0 saturated heterocycles. The Morgan fingerprint density at radius 2 is 0.750 bits per heavy atom. The number of hydrogen-bond donors (Lipinski definition) is 0. The zero-order valence-electron chi connectivity index (χ0n) is 35.4. The van der Waals surface area contributed by atoms with Crippen LogP contribution in [-0.4, -0.2) is 37.9 Å². The first-order valence-corrected chi connectivity index (χ1v) is 23.2. The van der Waals surface area contributed by atoms with Crippen LogP contribution >= 0.6 is 0 Å². The van der Waals surface area contributed by atoms with Gasteiger partial charge in [0.05, 0.1) is 6.61 Å². The van der Waals surface area contributed by atoms with E-state index < -0.39 is 6.10 Å². The Morgan fingerprint density at radius 1 is 0.404 bits per heavy atom. The molecule has 1 atom stereocenters. The predicted octanol–water partition coefficient (Wildman–Crippen LogP) is 15.1. The monoisotopic (exact) mass is 735 g/mol. The lowest BCUT2D eigenvalue weighted by Gasteiger charge is -2.18. The van der Waals surface area contributed by atoms with E-state index in [2.05, 4.69) is 32.9 Å². The lowest BCUT2D eigenvalue weighted by Crippen LogP contribution is -2.30. The molecule has 1 unspecified atom stereocenters. The summed E-state index contributed by atoms with van der Waals surface area (Å²) in [6.07, 6.45) is 48.1. The largest absolute Gasteiger partial charge is 0.462 e. The highest BCUT2D eigenvalue weighted by Gasteiger charge is 2.17. The van der Waals surface area contributed by atoms with Gasteiger partial charge in [-0.2, -0.15) is 0 Å². The van der Waals surface area contributed by atoms with Gasteiger partial charge in [-0.25, -0.2) is 0 Å². The highest BCUT2D eigenvalue weighted by molar-refractivity contribution is 5.70. The van der Waals surface area contributed by atoms with Crippen molar-refractivity contribution in [3.05, 3.63) is 12.2 Å². The summed E-state index contributed by atoms with van der Waals surface area (Å²) in [6, 6.07) is 0. The van der Waals surface area contributed by atoms with E-state index >= 15 is 0 Å². The third-order valence-electron chi connectivity index (χ3n) is 10.3. The topological polar surface area (TPSA) is 61.8 Å². The molecule has 52 heavy (non-hydrogen) atoms. The molecule has 0 aromatic heterocycles. The molecule has 0 bridgehead atoms. The third-order valence-corrected chi connectivity index (χ3v) is 10.3. The summed E-state index contributed by atoms with van der Waals surface area (Å²) in [7, 11) is 0. The summed E-state index contributed by atoms with van der Waals surface area (Å²) in [6.45, 7) is 7.78. The summed E-state index contributed by atoms with van der Waals surface area (Å²) in [5.41, 5.74) is 0. The van der Waals surface area contributed by atoms with Gasteiger partial charge >= 0.3 is 11.9 Å². The minimum Gasteiger partial charge on any atom is -0.462 e. The van der Waals surface area contributed by atoms with E-state index in [1.165, 1.54) is 167 Å². The number of hydrogen-bond acceptors (Lipinski definition) is 5. The molecule has 0 aliphatic heterocycles. The van der Waals surface area contributed by atoms with Crippen LogP contribution in [0.15, 0.2) is 12.2 Å². The fourth-order valence-corrected chi connectivity index (χ4v) is 6.80. The van der Waals surface area contributed by atoms with Crippen LogP contribution < -0.4 is 0 Å². The van der Waals surface area contributed by atoms with Crippen LogP contribution in [0.3, 0.4) is 0 Å².